The minimum absolute atomic E-state index is 0.590. The average molecular weight is 108 g/mol. The molecule has 0 aromatic heterocycles. The van der Waals surface area contributed by atoms with Gasteiger partial charge in [-0.05, 0) is 0 Å². The summed E-state index contributed by atoms with van der Waals surface area (Å²) in [5, 5.41) is 11.1. The normalized spacial score (nSPS) is 22.2. The van der Waals surface area contributed by atoms with Gasteiger partial charge < -0.3 is 5.21 Å². The lowest BCUT2D eigenvalue weighted by Crippen LogP contribution is -1.93. The van der Waals surface area contributed by atoms with Crippen LogP contribution in [0.3, 0.4) is 0 Å². The summed E-state index contributed by atoms with van der Waals surface area (Å²) in [5.41, 5.74) is 0.590. The molecule has 0 aliphatic heterocycles. The lowest BCUT2D eigenvalue weighted by Gasteiger charge is -1.93. The van der Waals surface area contributed by atoms with Crippen molar-refractivity contribution in [3.63, 3.8) is 0 Å². The van der Waals surface area contributed by atoms with Crippen LogP contribution in [-0.4, -0.2) is 10.9 Å². The number of hydrogen-bond acceptors (Lipinski definition) is 2. The van der Waals surface area contributed by atoms with Gasteiger partial charge in [-0.15, -0.1) is 0 Å². The van der Waals surface area contributed by atoms with Crippen LogP contribution in [0, 0.1) is 6.08 Å². The number of rotatable bonds is 0. The summed E-state index contributed by atoms with van der Waals surface area (Å²) in [6, 6.07) is 0. The first-order chi connectivity index (χ1) is 3.93. The van der Waals surface area contributed by atoms with Crippen molar-refractivity contribution in [1.29, 1.82) is 0 Å². The highest BCUT2D eigenvalue weighted by Gasteiger charge is 1.93. The highest BCUT2D eigenvalue weighted by atomic mass is 16.4. The molecule has 0 heterocycles. The molecule has 0 aromatic rings. The van der Waals surface area contributed by atoms with E-state index in [1.54, 1.807) is 6.08 Å². The second-order valence-corrected chi connectivity index (χ2v) is 1.49. The maximum atomic E-state index is 8.16. The summed E-state index contributed by atoms with van der Waals surface area (Å²) in [5.74, 6) is 0. The van der Waals surface area contributed by atoms with E-state index >= 15 is 0 Å². The zero-order valence-electron chi connectivity index (χ0n) is 4.33. The smallest absolute Gasteiger partial charge is 0.0912 e. The zero-order chi connectivity index (χ0) is 5.82. The third-order valence-corrected chi connectivity index (χ3v) is 0.914. The van der Waals surface area contributed by atoms with Crippen molar-refractivity contribution < 1.29 is 5.21 Å². The fourth-order valence-corrected chi connectivity index (χ4v) is 0.521. The van der Waals surface area contributed by atoms with Crippen LogP contribution in [-0.2, 0) is 0 Å². The van der Waals surface area contributed by atoms with Crippen LogP contribution in [0.5, 0.6) is 0 Å². The first-order valence-corrected chi connectivity index (χ1v) is 2.39. The molecule has 0 atom stereocenters. The van der Waals surface area contributed by atoms with E-state index in [9.17, 15) is 0 Å². The van der Waals surface area contributed by atoms with E-state index in [0.29, 0.717) is 12.1 Å². The Balaban J connectivity index is 2.66. The van der Waals surface area contributed by atoms with Gasteiger partial charge in [-0.25, -0.2) is 0 Å². The fraction of sp³-hybridized carbons (Fsp3) is 0.167. The minimum atomic E-state index is 0.590. The Bertz CT molecular complexity index is 156. The Morgan fingerprint density at radius 3 is 3.00 bits per heavy atom. The lowest BCUT2D eigenvalue weighted by atomic mass is 10.2. The van der Waals surface area contributed by atoms with Crippen LogP contribution in [0.15, 0.2) is 23.4 Å². The average Bonchev–Trinajstić information content (AvgIpc) is 1.90. The Labute approximate surface area is 47.8 Å². The molecule has 1 rings (SSSR count). The summed E-state index contributed by atoms with van der Waals surface area (Å²) < 4.78 is 0. The molecule has 0 fully saturated rings. The molecule has 41 valence electrons. The van der Waals surface area contributed by atoms with Gasteiger partial charge in [0.05, 0.1) is 5.71 Å². The van der Waals surface area contributed by atoms with Crippen LogP contribution in [0.1, 0.15) is 6.42 Å². The fourth-order valence-electron chi connectivity index (χ4n) is 0.521. The SMILES string of the molecule is ON=C1[C]=CC=CC1. The Kier molecular flexibility index (Phi) is 1.47. The highest BCUT2D eigenvalue weighted by molar-refractivity contribution is 5.92. The number of oxime groups is 1. The highest BCUT2D eigenvalue weighted by Crippen LogP contribution is 1.96. The van der Waals surface area contributed by atoms with E-state index in [1.807, 2.05) is 12.2 Å². The molecule has 0 amide bonds. The zero-order valence-corrected chi connectivity index (χ0v) is 4.33. The van der Waals surface area contributed by atoms with Gasteiger partial charge in [-0.1, -0.05) is 23.4 Å². The van der Waals surface area contributed by atoms with Crippen molar-refractivity contribution in [2.75, 3.05) is 0 Å². The van der Waals surface area contributed by atoms with E-state index in [1.165, 1.54) is 0 Å². The summed E-state index contributed by atoms with van der Waals surface area (Å²) >= 11 is 0. The van der Waals surface area contributed by atoms with Crippen LogP contribution in [0.2, 0.25) is 0 Å². The van der Waals surface area contributed by atoms with Crippen LogP contribution in [0.4, 0.5) is 0 Å². The van der Waals surface area contributed by atoms with Gasteiger partial charge in [-0.2, -0.15) is 0 Å². The minimum Gasteiger partial charge on any atom is -0.411 e. The second-order valence-electron chi connectivity index (χ2n) is 1.49. The van der Waals surface area contributed by atoms with E-state index in [4.69, 9.17) is 5.21 Å². The lowest BCUT2D eigenvalue weighted by molar-refractivity contribution is 0.318. The molecule has 0 aromatic carbocycles. The van der Waals surface area contributed by atoms with Crippen LogP contribution < -0.4 is 0 Å². The van der Waals surface area contributed by atoms with Gasteiger partial charge in [-0.3, -0.25) is 0 Å². The molecule has 1 aliphatic rings. The Hall–Kier alpha value is -1.05. The van der Waals surface area contributed by atoms with Crippen molar-refractivity contribution in [3.8, 4) is 0 Å². The maximum absolute atomic E-state index is 8.16. The summed E-state index contributed by atoms with van der Waals surface area (Å²) in [6.07, 6.45) is 8.94. The standard InChI is InChI=1S/C6H6NO/c8-7-6-4-2-1-3-5-6/h1-3,8H,4H2. The maximum Gasteiger partial charge on any atom is 0.0912 e. The topological polar surface area (TPSA) is 32.6 Å². The first kappa shape index (κ1) is 5.09. The van der Waals surface area contributed by atoms with Crippen molar-refractivity contribution in [2.24, 2.45) is 5.16 Å². The van der Waals surface area contributed by atoms with Gasteiger partial charge in [0, 0.05) is 12.5 Å². The number of allylic oxidation sites excluding steroid dienone is 4. The Morgan fingerprint density at radius 2 is 2.62 bits per heavy atom. The summed E-state index contributed by atoms with van der Waals surface area (Å²) in [6.45, 7) is 0. The van der Waals surface area contributed by atoms with E-state index in [2.05, 4.69) is 11.2 Å². The molecular weight excluding hydrogens is 102 g/mol. The number of hydrogen-bond donors (Lipinski definition) is 1. The molecule has 0 saturated heterocycles. The molecule has 2 nitrogen and oxygen atoms in total. The molecule has 8 heavy (non-hydrogen) atoms. The van der Waals surface area contributed by atoms with Gasteiger partial charge >= 0.3 is 0 Å². The molecule has 1 radical (unpaired) electrons. The third-order valence-electron chi connectivity index (χ3n) is 0.914. The van der Waals surface area contributed by atoms with Crippen molar-refractivity contribution in [3.05, 3.63) is 24.3 Å². The predicted octanol–water partition coefficient (Wildman–Crippen LogP) is 1.14. The summed E-state index contributed by atoms with van der Waals surface area (Å²) in [7, 11) is 0. The van der Waals surface area contributed by atoms with E-state index in [-0.39, 0.29) is 0 Å². The quantitative estimate of drug-likeness (QED) is 0.366. The van der Waals surface area contributed by atoms with E-state index < -0.39 is 0 Å². The van der Waals surface area contributed by atoms with Gasteiger partial charge in [0.2, 0.25) is 0 Å². The van der Waals surface area contributed by atoms with Gasteiger partial charge in [0.15, 0.2) is 0 Å². The largest absolute Gasteiger partial charge is 0.411 e. The molecule has 0 bridgehead atoms. The molecule has 0 spiro atoms. The first-order valence-electron chi connectivity index (χ1n) is 2.39. The van der Waals surface area contributed by atoms with Crippen LogP contribution in [0.25, 0.3) is 0 Å². The third kappa shape index (κ3) is 0.964. The predicted molar refractivity (Wildman–Crippen MR) is 30.8 cm³/mol. The molecular formula is C6H6NO. The number of nitrogens with zero attached hydrogens (tertiary/aromatic N) is 1. The molecule has 0 unspecified atom stereocenters. The van der Waals surface area contributed by atoms with Crippen molar-refractivity contribution in [2.45, 2.75) is 6.42 Å². The van der Waals surface area contributed by atoms with Crippen LogP contribution >= 0.6 is 0 Å². The second kappa shape index (κ2) is 2.31. The Morgan fingerprint density at radius 1 is 1.75 bits per heavy atom. The van der Waals surface area contributed by atoms with E-state index in [0.717, 1.165) is 0 Å². The summed E-state index contributed by atoms with van der Waals surface area (Å²) in [4.78, 5) is 0. The van der Waals surface area contributed by atoms with Crippen molar-refractivity contribution in [1.82, 2.24) is 0 Å². The molecule has 2 heteroatoms. The van der Waals surface area contributed by atoms with Gasteiger partial charge in [0.1, 0.15) is 0 Å². The molecule has 0 saturated carbocycles. The molecule has 1 N–H and O–H groups in total. The van der Waals surface area contributed by atoms with Crippen molar-refractivity contribution >= 4 is 5.71 Å². The molecule has 1 aliphatic carbocycles. The monoisotopic (exact) mass is 108 g/mol. The van der Waals surface area contributed by atoms with Gasteiger partial charge in [0.25, 0.3) is 0 Å².